The SMILES string of the molecule is CCOP(C)(=O)CCCC(=O)NC(N)=O. The molecule has 0 aliphatic rings. The lowest BCUT2D eigenvalue weighted by atomic mass is 10.3. The fraction of sp³-hybridized carbons (Fsp3) is 0.750. The molecule has 15 heavy (non-hydrogen) atoms. The molecule has 0 aromatic rings. The van der Waals surface area contributed by atoms with E-state index in [-0.39, 0.29) is 6.42 Å². The van der Waals surface area contributed by atoms with Gasteiger partial charge in [-0.25, -0.2) is 4.79 Å². The van der Waals surface area contributed by atoms with E-state index in [1.165, 1.54) is 6.66 Å². The van der Waals surface area contributed by atoms with Gasteiger partial charge in [0, 0.05) is 19.2 Å². The van der Waals surface area contributed by atoms with E-state index >= 15 is 0 Å². The van der Waals surface area contributed by atoms with E-state index in [9.17, 15) is 14.2 Å². The van der Waals surface area contributed by atoms with Crippen molar-refractivity contribution in [1.29, 1.82) is 0 Å². The fourth-order valence-electron chi connectivity index (χ4n) is 1.06. The number of hydrogen-bond donors (Lipinski definition) is 2. The minimum absolute atomic E-state index is 0.119. The van der Waals surface area contributed by atoms with Crippen LogP contribution >= 0.6 is 7.37 Å². The number of urea groups is 1. The Labute approximate surface area is 89.0 Å². The Morgan fingerprint density at radius 1 is 1.47 bits per heavy atom. The lowest BCUT2D eigenvalue weighted by Gasteiger charge is -2.11. The molecule has 0 saturated heterocycles. The van der Waals surface area contributed by atoms with Crippen LogP contribution in [0.2, 0.25) is 0 Å². The van der Waals surface area contributed by atoms with Crippen LogP contribution in [0.15, 0.2) is 0 Å². The monoisotopic (exact) mass is 236 g/mol. The number of rotatable bonds is 6. The smallest absolute Gasteiger partial charge is 0.318 e. The molecule has 0 radical (unpaired) electrons. The van der Waals surface area contributed by atoms with Gasteiger partial charge in [-0.1, -0.05) is 0 Å². The molecule has 0 heterocycles. The van der Waals surface area contributed by atoms with Crippen LogP contribution in [0.4, 0.5) is 4.79 Å². The van der Waals surface area contributed by atoms with E-state index < -0.39 is 19.3 Å². The predicted molar refractivity (Wildman–Crippen MR) is 57.0 cm³/mol. The minimum atomic E-state index is -2.58. The maximum absolute atomic E-state index is 11.6. The van der Waals surface area contributed by atoms with Gasteiger partial charge in [-0.2, -0.15) is 0 Å². The van der Waals surface area contributed by atoms with Crippen molar-refractivity contribution in [2.75, 3.05) is 19.4 Å². The number of nitrogens with two attached hydrogens (primary N) is 1. The van der Waals surface area contributed by atoms with Gasteiger partial charge in [0.2, 0.25) is 5.91 Å². The summed E-state index contributed by atoms with van der Waals surface area (Å²) in [7, 11) is -2.58. The van der Waals surface area contributed by atoms with Crippen molar-refractivity contribution >= 4 is 19.3 Å². The molecule has 7 heteroatoms. The Hall–Kier alpha value is -0.870. The summed E-state index contributed by atoms with van der Waals surface area (Å²) in [5.74, 6) is -0.459. The van der Waals surface area contributed by atoms with Gasteiger partial charge >= 0.3 is 6.03 Å². The maximum atomic E-state index is 11.6. The Balaban J connectivity index is 3.74. The van der Waals surface area contributed by atoms with Crippen LogP contribution < -0.4 is 11.1 Å². The zero-order chi connectivity index (χ0) is 11.9. The highest BCUT2D eigenvalue weighted by atomic mass is 31.2. The van der Waals surface area contributed by atoms with E-state index in [0.717, 1.165) is 0 Å². The largest absolute Gasteiger partial charge is 0.351 e. The van der Waals surface area contributed by atoms with Crippen molar-refractivity contribution in [2.45, 2.75) is 19.8 Å². The van der Waals surface area contributed by atoms with E-state index in [0.29, 0.717) is 19.2 Å². The number of carbonyl (C=O) groups is 2. The molecule has 0 rings (SSSR count). The number of carbonyl (C=O) groups excluding carboxylic acids is 2. The van der Waals surface area contributed by atoms with Gasteiger partial charge in [0.05, 0.1) is 6.61 Å². The van der Waals surface area contributed by atoms with Crippen LogP contribution in [-0.2, 0) is 13.9 Å². The van der Waals surface area contributed by atoms with E-state index in [1.54, 1.807) is 6.92 Å². The summed E-state index contributed by atoms with van der Waals surface area (Å²) in [5, 5.41) is 1.93. The predicted octanol–water partition coefficient (Wildman–Crippen LogP) is 0.906. The number of amides is 3. The van der Waals surface area contributed by atoms with E-state index in [4.69, 9.17) is 10.3 Å². The van der Waals surface area contributed by atoms with Gasteiger partial charge in [-0.15, -0.1) is 0 Å². The van der Waals surface area contributed by atoms with E-state index in [2.05, 4.69) is 0 Å². The van der Waals surface area contributed by atoms with Gasteiger partial charge in [0.1, 0.15) is 0 Å². The van der Waals surface area contributed by atoms with Gasteiger partial charge in [-0.3, -0.25) is 14.7 Å². The number of primary amides is 1. The van der Waals surface area contributed by atoms with Crippen molar-refractivity contribution < 1.29 is 18.7 Å². The van der Waals surface area contributed by atoms with Crippen LogP contribution in [0.5, 0.6) is 0 Å². The van der Waals surface area contributed by atoms with Crippen molar-refractivity contribution in [2.24, 2.45) is 5.73 Å². The quantitative estimate of drug-likeness (QED) is 0.669. The van der Waals surface area contributed by atoms with Crippen molar-refractivity contribution in [3.05, 3.63) is 0 Å². The number of nitrogens with one attached hydrogen (secondary N) is 1. The highest BCUT2D eigenvalue weighted by Gasteiger charge is 2.15. The molecule has 1 unspecified atom stereocenters. The second-order valence-corrected chi connectivity index (χ2v) is 5.91. The topological polar surface area (TPSA) is 98.5 Å². The molecule has 0 aromatic heterocycles. The molecule has 1 atom stereocenters. The lowest BCUT2D eigenvalue weighted by Crippen LogP contribution is -2.34. The Kier molecular flexibility index (Phi) is 6.20. The zero-order valence-corrected chi connectivity index (χ0v) is 9.88. The van der Waals surface area contributed by atoms with Gasteiger partial charge in [0.25, 0.3) is 0 Å². The minimum Gasteiger partial charge on any atom is -0.351 e. The second-order valence-electron chi connectivity index (χ2n) is 3.17. The normalized spacial score (nSPS) is 14.3. The Bertz CT molecular complexity index is 280. The molecule has 88 valence electrons. The molecule has 3 amide bonds. The number of hydrogen-bond acceptors (Lipinski definition) is 4. The van der Waals surface area contributed by atoms with Crippen LogP contribution in [0, 0.1) is 0 Å². The Morgan fingerprint density at radius 3 is 2.53 bits per heavy atom. The first kappa shape index (κ1) is 14.1. The molecular weight excluding hydrogens is 219 g/mol. The second kappa shape index (κ2) is 6.58. The van der Waals surface area contributed by atoms with Crippen LogP contribution in [0.25, 0.3) is 0 Å². The highest BCUT2D eigenvalue weighted by molar-refractivity contribution is 7.58. The summed E-state index contributed by atoms with van der Waals surface area (Å²) in [5.41, 5.74) is 4.75. The summed E-state index contributed by atoms with van der Waals surface area (Å²) in [6, 6.07) is -0.871. The summed E-state index contributed by atoms with van der Waals surface area (Å²) in [6.45, 7) is 3.68. The summed E-state index contributed by atoms with van der Waals surface area (Å²) in [6.07, 6.45) is 0.855. The summed E-state index contributed by atoms with van der Waals surface area (Å²) in [4.78, 5) is 21.2. The molecular formula is C8H17N2O4P. The lowest BCUT2D eigenvalue weighted by molar-refractivity contribution is -0.119. The van der Waals surface area contributed by atoms with Gasteiger partial charge < -0.3 is 10.3 Å². The molecule has 0 aromatic carbocycles. The van der Waals surface area contributed by atoms with Gasteiger partial charge in [-0.05, 0) is 13.3 Å². The average Bonchev–Trinajstić information content (AvgIpc) is 2.01. The molecule has 0 fully saturated rings. The van der Waals surface area contributed by atoms with E-state index in [1.807, 2.05) is 5.32 Å². The van der Waals surface area contributed by atoms with Gasteiger partial charge in [0.15, 0.2) is 7.37 Å². The standard InChI is InChI=1S/C8H17N2O4P/c1-3-14-15(2,13)6-4-5-7(11)10-8(9)12/h3-6H2,1-2H3,(H3,9,10,11,12). The average molecular weight is 236 g/mol. The van der Waals surface area contributed by atoms with Crippen LogP contribution in [0.3, 0.4) is 0 Å². The number of imide groups is 1. The third kappa shape index (κ3) is 8.15. The van der Waals surface area contributed by atoms with Crippen LogP contribution in [-0.4, -0.2) is 31.4 Å². The molecule has 0 saturated carbocycles. The van der Waals surface area contributed by atoms with Crippen molar-refractivity contribution in [3.63, 3.8) is 0 Å². The molecule has 3 N–H and O–H groups in total. The molecule has 0 aliphatic carbocycles. The maximum Gasteiger partial charge on any atom is 0.318 e. The summed E-state index contributed by atoms with van der Waals surface area (Å²) < 4.78 is 16.6. The highest BCUT2D eigenvalue weighted by Crippen LogP contribution is 2.42. The molecule has 6 nitrogen and oxygen atoms in total. The fourth-order valence-corrected chi connectivity index (χ4v) is 2.47. The molecule has 0 spiro atoms. The third-order valence-corrected chi connectivity index (χ3v) is 3.57. The van der Waals surface area contributed by atoms with Crippen molar-refractivity contribution in [1.82, 2.24) is 5.32 Å². The summed E-state index contributed by atoms with van der Waals surface area (Å²) >= 11 is 0. The van der Waals surface area contributed by atoms with Crippen LogP contribution in [0.1, 0.15) is 19.8 Å². The first-order chi connectivity index (χ1) is 6.87. The molecule has 0 aliphatic heterocycles. The Morgan fingerprint density at radius 2 is 2.07 bits per heavy atom. The first-order valence-corrected chi connectivity index (χ1v) is 6.93. The van der Waals surface area contributed by atoms with Crippen molar-refractivity contribution in [3.8, 4) is 0 Å². The third-order valence-electron chi connectivity index (χ3n) is 1.63. The molecule has 0 bridgehead atoms. The zero-order valence-electron chi connectivity index (χ0n) is 8.99. The first-order valence-electron chi connectivity index (χ1n) is 4.67.